The number of fused-ring (bicyclic) bond motifs is 6. The zero-order chi connectivity index (χ0) is 26.1. The highest BCUT2D eigenvalue weighted by molar-refractivity contribution is 6.62. The van der Waals surface area contributed by atoms with Crippen LogP contribution in [0.25, 0.3) is 32.3 Å². The van der Waals surface area contributed by atoms with Crippen molar-refractivity contribution >= 4 is 57.8 Å². The number of aliphatic hydroxyl groups is 1. The van der Waals surface area contributed by atoms with Crippen LogP contribution in [-0.2, 0) is 14.0 Å². The molecule has 185 valence electrons. The molecule has 36 heavy (non-hydrogen) atoms. The Morgan fingerprint density at radius 3 is 1.78 bits per heavy atom. The molecule has 0 amide bonds. The molecule has 1 fully saturated rings. The summed E-state index contributed by atoms with van der Waals surface area (Å²) in [5.74, 6) is 0. The highest BCUT2D eigenvalue weighted by atomic mass is 16.7. The maximum atomic E-state index is 10.5. The minimum absolute atomic E-state index is 0.398. The molecular formula is C30H35B2O4. The molecule has 0 bridgehead atoms. The molecule has 1 radical (unpaired) electrons. The largest absolute Gasteiger partial charge is 0.494 e. The van der Waals surface area contributed by atoms with Crippen molar-refractivity contribution in [3.05, 3.63) is 60.7 Å². The van der Waals surface area contributed by atoms with E-state index in [1.165, 1.54) is 21.5 Å². The molecule has 5 rings (SSSR count). The Balaban J connectivity index is 1.65. The lowest BCUT2D eigenvalue weighted by Crippen LogP contribution is -2.49. The van der Waals surface area contributed by atoms with E-state index in [2.05, 4.69) is 88.4 Å². The first kappa shape index (κ1) is 25.3. The molecule has 1 aliphatic rings. The van der Waals surface area contributed by atoms with Crippen LogP contribution in [0, 0.1) is 0 Å². The van der Waals surface area contributed by atoms with Crippen LogP contribution >= 0.6 is 0 Å². The lowest BCUT2D eigenvalue weighted by molar-refractivity contribution is -0.0893. The fourth-order valence-electron chi connectivity index (χ4n) is 4.55. The lowest BCUT2D eigenvalue weighted by Gasteiger charge is -2.37. The van der Waals surface area contributed by atoms with E-state index in [1.807, 2.05) is 13.8 Å². The van der Waals surface area contributed by atoms with Crippen LogP contribution in [0.4, 0.5) is 0 Å². The van der Waals surface area contributed by atoms with Crippen molar-refractivity contribution < 1.29 is 19.1 Å². The standard InChI is InChI=1S/C30H35B2O4/c1-27(2,33)28(3,4)34-31-19-13-15-23-21-11-9-10-12-22(21)24-16-14-20(18-26(24)25(23)17-19)32-35-29(5,6)30(7,8)36-32/h9-18,33H,1-8H3. The number of benzene rings is 4. The van der Waals surface area contributed by atoms with E-state index in [4.69, 9.17) is 14.0 Å². The number of hydrogen-bond donors (Lipinski definition) is 1. The van der Waals surface area contributed by atoms with Crippen LogP contribution in [0.3, 0.4) is 0 Å². The summed E-state index contributed by atoms with van der Waals surface area (Å²) in [7, 11) is 1.32. The summed E-state index contributed by atoms with van der Waals surface area (Å²) >= 11 is 0. The molecule has 1 heterocycles. The topological polar surface area (TPSA) is 47.9 Å². The van der Waals surface area contributed by atoms with E-state index in [-0.39, 0.29) is 0 Å². The molecule has 0 atom stereocenters. The number of hydrogen-bond acceptors (Lipinski definition) is 4. The maximum Gasteiger partial charge on any atom is 0.494 e. The van der Waals surface area contributed by atoms with Gasteiger partial charge in [0.25, 0.3) is 0 Å². The van der Waals surface area contributed by atoms with Gasteiger partial charge in [-0.2, -0.15) is 0 Å². The molecule has 1 saturated heterocycles. The fraction of sp³-hybridized carbons (Fsp3) is 0.400. The van der Waals surface area contributed by atoms with Crippen molar-refractivity contribution in [3.8, 4) is 0 Å². The second-order valence-corrected chi connectivity index (χ2v) is 12.0. The average Bonchev–Trinajstić information content (AvgIpc) is 3.03. The Kier molecular flexibility index (Phi) is 5.85. The van der Waals surface area contributed by atoms with Crippen LogP contribution in [0.2, 0.25) is 0 Å². The SMILES string of the molecule is CC(C)(O)C(C)(C)O[B]c1ccc2c3ccccc3c3ccc(B4OC(C)(C)C(C)(C)O4)cc3c2c1. The first-order valence-electron chi connectivity index (χ1n) is 12.7. The van der Waals surface area contributed by atoms with Crippen LogP contribution in [0.5, 0.6) is 0 Å². The molecule has 4 nitrogen and oxygen atoms in total. The van der Waals surface area contributed by atoms with Crippen molar-refractivity contribution in [1.82, 2.24) is 0 Å². The smallest absolute Gasteiger partial charge is 0.427 e. The van der Waals surface area contributed by atoms with E-state index in [0.29, 0.717) is 0 Å². The highest BCUT2D eigenvalue weighted by Crippen LogP contribution is 2.38. The van der Waals surface area contributed by atoms with E-state index < -0.39 is 29.5 Å². The van der Waals surface area contributed by atoms with Gasteiger partial charge in [0.1, 0.15) is 0 Å². The van der Waals surface area contributed by atoms with Crippen molar-refractivity contribution in [3.63, 3.8) is 0 Å². The third-order valence-electron chi connectivity index (χ3n) is 8.37. The normalized spacial score (nSPS) is 17.9. The molecule has 0 aliphatic carbocycles. The minimum atomic E-state index is -0.985. The predicted octanol–water partition coefficient (Wildman–Crippen LogP) is 5.26. The summed E-state index contributed by atoms with van der Waals surface area (Å²) < 4.78 is 18.8. The summed E-state index contributed by atoms with van der Waals surface area (Å²) in [6, 6.07) is 21.4. The molecule has 1 N–H and O–H groups in total. The minimum Gasteiger partial charge on any atom is -0.427 e. The summed E-state index contributed by atoms with van der Waals surface area (Å²) in [5.41, 5.74) is -0.572. The predicted molar refractivity (Wildman–Crippen MR) is 152 cm³/mol. The third-order valence-corrected chi connectivity index (χ3v) is 8.37. The lowest BCUT2D eigenvalue weighted by atomic mass is 9.76. The first-order chi connectivity index (χ1) is 16.7. The van der Waals surface area contributed by atoms with E-state index >= 15 is 0 Å². The van der Waals surface area contributed by atoms with Gasteiger partial charge < -0.3 is 19.1 Å². The first-order valence-corrected chi connectivity index (χ1v) is 12.7. The van der Waals surface area contributed by atoms with Crippen LogP contribution < -0.4 is 10.9 Å². The second kappa shape index (κ2) is 8.32. The van der Waals surface area contributed by atoms with Crippen LogP contribution in [0.1, 0.15) is 55.4 Å². The van der Waals surface area contributed by atoms with Crippen molar-refractivity contribution in [2.24, 2.45) is 0 Å². The van der Waals surface area contributed by atoms with Gasteiger partial charge in [-0.15, -0.1) is 0 Å². The van der Waals surface area contributed by atoms with Crippen molar-refractivity contribution in [1.29, 1.82) is 0 Å². The van der Waals surface area contributed by atoms with E-state index in [9.17, 15) is 5.11 Å². The highest BCUT2D eigenvalue weighted by Gasteiger charge is 2.51. The molecule has 0 unspecified atom stereocenters. The Labute approximate surface area is 215 Å². The molecule has 0 aromatic heterocycles. The van der Waals surface area contributed by atoms with Crippen molar-refractivity contribution in [2.45, 2.75) is 77.8 Å². The van der Waals surface area contributed by atoms with Crippen LogP contribution in [0.15, 0.2) is 60.7 Å². The van der Waals surface area contributed by atoms with Gasteiger partial charge in [-0.1, -0.05) is 66.1 Å². The molecule has 4 aromatic rings. The summed E-state index contributed by atoms with van der Waals surface area (Å²) in [4.78, 5) is 0. The van der Waals surface area contributed by atoms with Crippen LogP contribution in [-0.4, -0.2) is 42.1 Å². The average molecular weight is 481 g/mol. The van der Waals surface area contributed by atoms with Gasteiger partial charge in [0.15, 0.2) is 0 Å². The van der Waals surface area contributed by atoms with E-state index in [1.54, 1.807) is 21.3 Å². The Bertz CT molecular complexity index is 1450. The van der Waals surface area contributed by atoms with Gasteiger partial charge in [-0.3, -0.25) is 0 Å². The summed E-state index contributed by atoms with van der Waals surface area (Å²) in [6.45, 7) is 15.6. The quantitative estimate of drug-likeness (QED) is 0.312. The van der Waals surface area contributed by atoms with Gasteiger partial charge in [0, 0.05) is 0 Å². The molecule has 0 spiro atoms. The Hall–Kier alpha value is -2.37. The summed E-state index contributed by atoms with van der Waals surface area (Å²) in [5, 5.41) is 17.6. The molecular weight excluding hydrogens is 446 g/mol. The van der Waals surface area contributed by atoms with Gasteiger partial charge in [-0.05, 0) is 93.2 Å². The van der Waals surface area contributed by atoms with E-state index in [0.717, 1.165) is 21.7 Å². The zero-order valence-corrected chi connectivity index (χ0v) is 22.6. The molecule has 4 aromatic carbocycles. The molecule has 0 saturated carbocycles. The van der Waals surface area contributed by atoms with Gasteiger partial charge >= 0.3 is 14.6 Å². The fourth-order valence-corrected chi connectivity index (χ4v) is 4.55. The zero-order valence-electron chi connectivity index (χ0n) is 22.6. The summed E-state index contributed by atoms with van der Waals surface area (Å²) in [6.07, 6.45) is 0. The third kappa shape index (κ3) is 4.14. The maximum absolute atomic E-state index is 10.5. The second-order valence-electron chi connectivity index (χ2n) is 12.0. The van der Waals surface area contributed by atoms with Gasteiger partial charge in [0.2, 0.25) is 0 Å². The Morgan fingerprint density at radius 2 is 1.22 bits per heavy atom. The molecule has 6 heteroatoms. The van der Waals surface area contributed by atoms with Gasteiger partial charge in [0.05, 0.1) is 22.4 Å². The molecule has 1 aliphatic heterocycles. The number of rotatable bonds is 5. The monoisotopic (exact) mass is 481 g/mol. The van der Waals surface area contributed by atoms with Gasteiger partial charge in [-0.25, -0.2) is 0 Å². The van der Waals surface area contributed by atoms with Crippen molar-refractivity contribution in [2.75, 3.05) is 0 Å². The Morgan fingerprint density at radius 1 is 0.722 bits per heavy atom.